The smallest absolute Gasteiger partial charge is 0.255 e. The van der Waals surface area contributed by atoms with E-state index in [9.17, 15) is 4.79 Å². The molecule has 0 aliphatic rings. The van der Waals surface area contributed by atoms with E-state index in [2.05, 4.69) is 15.9 Å². The van der Waals surface area contributed by atoms with Crippen LogP contribution in [0.4, 0.5) is 0 Å². The fraction of sp³-hybridized carbons (Fsp3) is 0.364. The molecular formula is C11H14BrClN2O. The lowest BCUT2D eigenvalue weighted by Crippen LogP contribution is -2.39. The number of hydrogen-bond donors (Lipinski definition) is 1. The van der Waals surface area contributed by atoms with Crippen LogP contribution in [0.1, 0.15) is 17.3 Å². The van der Waals surface area contributed by atoms with Gasteiger partial charge in [0.25, 0.3) is 5.91 Å². The molecule has 1 atom stereocenters. The fourth-order valence-electron chi connectivity index (χ4n) is 1.21. The molecule has 0 saturated carbocycles. The Kier molecular flexibility index (Phi) is 4.77. The third-order valence-corrected chi connectivity index (χ3v) is 3.41. The van der Waals surface area contributed by atoms with Crippen LogP contribution in [0.5, 0.6) is 0 Å². The minimum Gasteiger partial charge on any atom is -0.338 e. The molecule has 1 unspecified atom stereocenters. The summed E-state index contributed by atoms with van der Waals surface area (Å²) in [6.07, 6.45) is 0. The minimum atomic E-state index is -0.0904. The van der Waals surface area contributed by atoms with E-state index in [4.69, 9.17) is 17.3 Å². The Bertz CT molecular complexity index is 398. The summed E-state index contributed by atoms with van der Waals surface area (Å²) in [5.74, 6) is -0.0904. The van der Waals surface area contributed by atoms with Crippen molar-refractivity contribution in [2.75, 3.05) is 13.6 Å². The van der Waals surface area contributed by atoms with Gasteiger partial charge in [0.05, 0.1) is 5.56 Å². The highest BCUT2D eigenvalue weighted by molar-refractivity contribution is 9.10. The van der Waals surface area contributed by atoms with Gasteiger partial charge in [-0.2, -0.15) is 0 Å². The summed E-state index contributed by atoms with van der Waals surface area (Å²) < 4.78 is 0.734. The highest BCUT2D eigenvalue weighted by Gasteiger charge is 2.18. The summed E-state index contributed by atoms with van der Waals surface area (Å²) >= 11 is 9.20. The lowest BCUT2D eigenvalue weighted by Gasteiger charge is -2.24. The van der Waals surface area contributed by atoms with Crippen molar-refractivity contribution in [2.45, 2.75) is 13.0 Å². The molecule has 0 radical (unpaired) electrons. The minimum absolute atomic E-state index is 0.00150. The van der Waals surface area contributed by atoms with Crippen molar-refractivity contribution in [2.24, 2.45) is 5.73 Å². The third kappa shape index (κ3) is 2.97. The molecular weight excluding hydrogens is 291 g/mol. The topological polar surface area (TPSA) is 46.3 Å². The molecule has 1 aromatic rings. The molecule has 0 bridgehead atoms. The normalized spacial score (nSPS) is 12.3. The highest BCUT2D eigenvalue weighted by Crippen LogP contribution is 2.22. The van der Waals surface area contributed by atoms with Gasteiger partial charge in [-0.25, -0.2) is 0 Å². The van der Waals surface area contributed by atoms with Crippen LogP contribution < -0.4 is 5.73 Å². The Labute approximate surface area is 109 Å². The van der Waals surface area contributed by atoms with E-state index >= 15 is 0 Å². The average Bonchev–Trinajstić information content (AvgIpc) is 2.29. The van der Waals surface area contributed by atoms with Gasteiger partial charge in [-0.15, -0.1) is 0 Å². The molecule has 5 heteroatoms. The number of nitrogens with zero attached hydrogens (tertiary/aromatic N) is 1. The molecule has 0 heterocycles. The van der Waals surface area contributed by atoms with Crippen molar-refractivity contribution < 1.29 is 4.79 Å². The van der Waals surface area contributed by atoms with Gasteiger partial charge in [0.1, 0.15) is 0 Å². The van der Waals surface area contributed by atoms with Gasteiger partial charge in [-0.05, 0) is 41.1 Å². The zero-order valence-electron chi connectivity index (χ0n) is 9.21. The second-order valence-electron chi connectivity index (χ2n) is 3.62. The van der Waals surface area contributed by atoms with Gasteiger partial charge in [-0.1, -0.05) is 11.6 Å². The molecule has 0 aliphatic heterocycles. The molecule has 3 nitrogen and oxygen atoms in total. The molecule has 1 aromatic carbocycles. The van der Waals surface area contributed by atoms with Crippen LogP contribution in [-0.4, -0.2) is 30.4 Å². The van der Waals surface area contributed by atoms with Gasteiger partial charge in [0, 0.05) is 29.1 Å². The summed E-state index contributed by atoms with van der Waals surface area (Å²) in [6, 6.07) is 5.14. The summed E-state index contributed by atoms with van der Waals surface area (Å²) in [5, 5.41) is 0.542. The number of halogens is 2. The van der Waals surface area contributed by atoms with Crippen LogP contribution in [0, 0.1) is 0 Å². The van der Waals surface area contributed by atoms with E-state index in [1.807, 2.05) is 6.92 Å². The number of hydrogen-bond acceptors (Lipinski definition) is 2. The monoisotopic (exact) mass is 304 g/mol. The van der Waals surface area contributed by atoms with E-state index in [-0.39, 0.29) is 11.9 Å². The first kappa shape index (κ1) is 13.5. The summed E-state index contributed by atoms with van der Waals surface area (Å²) in [7, 11) is 1.73. The first-order chi connectivity index (χ1) is 7.47. The molecule has 0 aliphatic carbocycles. The number of carbonyl (C=O) groups excluding carboxylic acids is 1. The fourth-order valence-corrected chi connectivity index (χ4v) is 1.80. The Hall–Kier alpha value is -0.580. The largest absolute Gasteiger partial charge is 0.338 e. The Morgan fingerprint density at radius 3 is 2.81 bits per heavy atom. The summed E-state index contributed by atoms with van der Waals surface area (Å²) in [6.45, 7) is 2.33. The van der Waals surface area contributed by atoms with Crippen LogP contribution in [-0.2, 0) is 0 Å². The van der Waals surface area contributed by atoms with E-state index in [0.717, 1.165) is 4.47 Å². The second kappa shape index (κ2) is 5.66. The molecule has 0 spiro atoms. The molecule has 1 rings (SSSR count). The second-order valence-corrected chi connectivity index (χ2v) is 4.92. The SMILES string of the molecule is CC(CN)N(C)C(=O)c1cc(Cl)ccc1Br. The predicted octanol–water partition coefficient (Wildman–Crippen LogP) is 2.52. The number of amides is 1. The highest BCUT2D eigenvalue weighted by atomic mass is 79.9. The molecule has 0 fully saturated rings. The molecule has 0 saturated heterocycles. The quantitative estimate of drug-likeness (QED) is 0.933. The predicted molar refractivity (Wildman–Crippen MR) is 69.8 cm³/mol. The van der Waals surface area contributed by atoms with Gasteiger partial charge in [0.15, 0.2) is 0 Å². The average molecular weight is 306 g/mol. The summed E-state index contributed by atoms with van der Waals surface area (Å²) in [5.41, 5.74) is 6.08. The van der Waals surface area contributed by atoms with Crippen molar-refractivity contribution in [1.29, 1.82) is 0 Å². The van der Waals surface area contributed by atoms with Crippen molar-refractivity contribution in [3.63, 3.8) is 0 Å². The molecule has 1 amide bonds. The van der Waals surface area contributed by atoms with E-state index in [1.165, 1.54) is 0 Å². The van der Waals surface area contributed by atoms with Crippen LogP contribution in [0.15, 0.2) is 22.7 Å². The Morgan fingerprint density at radius 1 is 1.62 bits per heavy atom. The summed E-state index contributed by atoms with van der Waals surface area (Å²) in [4.78, 5) is 13.7. The van der Waals surface area contributed by atoms with Crippen molar-refractivity contribution in [3.8, 4) is 0 Å². The lowest BCUT2D eigenvalue weighted by molar-refractivity contribution is 0.0747. The zero-order chi connectivity index (χ0) is 12.3. The molecule has 0 aromatic heterocycles. The van der Waals surface area contributed by atoms with Crippen molar-refractivity contribution in [3.05, 3.63) is 33.3 Å². The van der Waals surface area contributed by atoms with Gasteiger partial charge < -0.3 is 10.6 Å². The van der Waals surface area contributed by atoms with Gasteiger partial charge in [-0.3, -0.25) is 4.79 Å². The van der Waals surface area contributed by atoms with Crippen LogP contribution in [0.2, 0.25) is 5.02 Å². The standard InChI is InChI=1S/C11H14BrClN2O/c1-7(6-14)15(2)11(16)9-5-8(13)3-4-10(9)12/h3-5,7H,6,14H2,1-2H3. The Balaban J connectivity index is 3.00. The maximum absolute atomic E-state index is 12.1. The number of rotatable bonds is 3. The maximum atomic E-state index is 12.1. The maximum Gasteiger partial charge on any atom is 0.255 e. The van der Waals surface area contributed by atoms with E-state index < -0.39 is 0 Å². The van der Waals surface area contributed by atoms with Crippen molar-refractivity contribution >= 4 is 33.4 Å². The Morgan fingerprint density at radius 2 is 2.25 bits per heavy atom. The number of carbonyl (C=O) groups is 1. The number of likely N-dealkylation sites (N-methyl/N-ethyl adjacent to an activating group) is 1. The zero-order valence-corrected chi connectivity index (χ0v) is 11.5. The number of benzene rings is 1. The molecule has 2 N–H and O–H groups in total. The van der Waals surface area contributed by atoms with Crippen LogP contribution in [0.25, 0.3) is 0 Å². The molecule has 16 heavy (non-hydrogen) atoms. The molecule has 88 valence electrons. The first-order valence-electron chi connectivity index (χ1n) is 4.89. The lowest BCUT2D eigenvalue weighted by atomic mass is 10.2. The number of nitrogens with two attached hydrogens (primary N) is 1. The first-order valence-corrected chi connectivity index (χ1v) is 6.06. The van der Waals surface area contributed by atoms with Crippen molar-refractivity contribution in [1.82, 2.24) is 4.90 Å². The van der Waals surface area contributed by atoms with E-state index in [1.54, 1.807) is 30.1 Å². The van der Waals surface area contributed by atoms with Crippen LogP contribution >= 0.6 is 27.5 Å². The van der Waals surface area contributed by atoms with Gasteiger partial charge >= 0.3 is 0 Å². The van der Waals surface area contributed by atoms with Gasteiger partial charge in [0.2, 0.25) is 0 Å². The third-order valence-electron chi connectivity index (χ3n) is 2.48. The van der Waals surface area contributed by atoms with Crippen LogP contribution in [0.3, 0.4) is 0 Å². The van der Waals surface area contributed by atoms with E-state index in [0.29, 0.717) is 17.1 Å².